The Morgan fingerprint density at radius 3 is 2.55 bits per heavy atom. The van der Waals surface area contributed by atoms with Crippen molar-refractivity contribution in [2.45, 2.75) is 13.0 Å². The Labute approximate surface area is 131 Å². The molecule has 0 N–H and O–H groups in total. The smallest absolute Gasteiger partial charge is 0.232 e. The number of methoxy groups -OCH3 is 1. The van der Waals surface area contributed by atoms with E-state index in [4.69, 9.17) is 16.3 Å². The quantitative estimate of drug-likeness (QED) is 0.827. The molecule has 0 fully saturated rings. The average molecular weight is 357 g/mol. The van der Waals surface area contributed by atoms with E-state index >= 15 is 0 Å². The van der Waals surface area contributed by atoms with Crippen LogP contribution in [0.3, 0.4) is 0 Å². The van der Waals surface area contributed by atoms with Gasteiger partial charge in [-0.1, -0.05) is 23.7 Å². The highest BCUT2D eigenvalue weighted by Crippen LogP contribution is 2.27. The van der Waals surface area contributed by atoms with E-state index in [1.165, 1.54) is 0 Å². The zero-order valence-corrected chi connectivity index (χ0v) is 13.8. The van der Waals surface area contributed by atoms with Gasteiger partial charge in [-0.05, 0) is 40.5 Å². The fourth-order valence-electron chi connectivity index (χ4n) is 1.79. The Morgan fingerprint density at radius 1 is 1.30 bits per heavy atom. The van der Waals surface area contributed by atoms with Crippen LogP contribution in [0.25, 0.3) is 0 Å². The van der Waals surface area contributed by atoms with Crippen LogP contribution in [0.1, 0.15) is 18.5 Å². The van der Waals surface area contributed by atoms with Crippen molar-refractivity contribution in [3.05, 3.63) is 45.5 Å². The summed E-state index contributed by atoms with van der Waals surface area (Å²) in [5.41, 5.74) is 1.14. The van der Waals surface area contributed by atoms with E-state index in [9.17, 15) is 0 Å². The predicted molar refractivity (Wildman–Crippen MR) is 84.6 cm³/mol. The van der Waals surface area contributed by atoms with Crippen LogP contribution in [0, 0.1) is 0 Å². The van der Waals surface area contributed by atoms with Crippen molar-refractivity contribution in [2.24, 2.45) is 0 Å². The molecule has 0 aliphatic carbocycles. The Bertz CT molecular complexity index is 591. The van der Waals surface area contributed by atoms with E-state index in [0.29, 0.717) is 11.8 Å². The number of anilines is 1. The maximum atomic E-state index is 5.91. The minimum absolute atomic E-state index is 0.123. The Morgan fingerprint density at radius 2 is 1.95 bits per heavy atom. The van der Waals surface area contributed by atoms with Crippen molar-refractivity contribution >= 4 is 33.5 Å². The van der Waals surface area contributed by atoms with Crippen molar-refractivity contribution in [3.8, 4) is 5.88 Å². The molecule has 1 aromatic heterocycles. The number of aromatic nitrogens is 2. The van der Waals surface area contributed by atoms with Crippen molar-refractivity contribution in [3.63, 3.8) is 0 Å². The molecular formula is C14H15BrClN3O. The third-order valence-electron chi connectivity index (χ3n) is 3.14. The molecule has 2 rings (SSSR count). The van der Waals surface area contributed by atoms with Crippen LogP contribution in [-0.4, -0.2) is 24.1 Å². The first-order valence-corrected chi connectivity index (χ1v) is 7.25. The Balaban J connectivity index is 2.26. The summed E-state index contributed by atoms with van der Waals surface area (Å²) in [6, 6.07) is 7.88. The van der Waals surface area contributed by atoms with E-state index in [-0.39, 0.29) is 6.04 Å². The van der Waals surface area contributed by atoms with E-state index in [0.717, 1.165) is 15.1 Å². The summed E-state index contributed by atoms with van der Waals surface area (Å²) in [4.78, 5) is 10.7. The van der Waals surface area contributed by atoms with Crippen LogP contribution in [0.2, 0.25) is 5.02 Å². The van der Waals surface area contributed by atoms with Crippen molar-refractivity contribution in [1.82, 2.24) is 9.97 Å². The van der Waals surface area contributed by atoms with Gasteiger partial charge in [-0.3, -0.25) is 0 Å². The van der Waals surface area contributed by atoms with Crippen LogP contribution >= 0.6 is 27.5 Å². The summed E-state index contributed by atoms with van der Waals surface area (Å²) in [5, 5.41) is 0.727. The monoisotopic (exact) mass is 355 g/mol. The topological polar surface area (TPSA) is 38.2 Å². The van der Waals surface area contributed by atoms with Gasteiger partial charge in [0.2, 0.25) is 11.8 Å². The van der Waals surface area contributed by atoms with Gasteiger partial charge in [0.15, 0.2) is 0 Å². The summed E-state index contributed by atoms with van der Waals surface area (Å²) in [5.74, 6) is 1.12. The fraction of sp³-hybridized carbons (Fsp3) is 0.286. The number of hydrogen-bond donors (Lipinski definition) is 0. The molecule has 1 aromatic carbocycles. The molecule has 106 valence electrons. The lowest BCUT2D eigenvalue weighted by atomic mass is 10.1. The summed E-state index contributed by atoms with van der Waals surface area (Å²) in [6.07, 6.45) is 1.69. The largest absolute Gasteiger partial charge is 0.480 e. The maximum Gasteiger partial charge on any atom is 0.232 e. The lowest BCUT2D eigenvalue weighted by molar-refractivity contribution is 0.393. The highest BCUT2D eigenvalue weighted by molar-refractivity contribution is 9.10. The van der Waals surface area contributed by atoms with Gasteiger partial charge in [0.1, 0.15) is 0 Å². The molecule has 0 saturated carbocycles. The normalized spacial score (nSPS) is 12.1. The first kappa shape index (κ1) is 15.1. The fourth-order valence-corrected chi connectivity index (χ4v) is 2.27. The molecule has 1 heterocycles. The van der Waals surface area contributed by atoms with Crippen molar-refractivity contribution < 1.29 is 4.74 Å². The van der Waals surface area contributed by atoms with E-state index in [1.807, 2.05) is 36.2 Å². The standard InChI is InChI=1S/C14H15BrClN3O/c1-9(10-4-6-11(16)7-5-10)19(2)14-17-8-12(15)13(18-14)20-3/h4-9H,1-3H3. The lowest BCUT2D eigenvalue weighted by Crippen LogP contribution is -2.23. The number of halogens is 2. The third kappa shape index (κ3) is 3.22. The zero-order valence-electron chi connectivity index (χ0n) is 11.5. The molecule has 4 nitrogen and oxygen atoms in total. The van der Waals surface area contributed by atoms with Gasteiger partial charge in [0.25, 0.3) is 0 Å². The average Bonchev–Trinajstić information content (AvgIpc) is 2.47. The van der Waals surface area contributed by atoms with Crippen LogP contribution in [0.15, 0.2) is 34.9 Å². The van der Waals surface area contributed by atoms with Gasteiger partial charge >= 0.3 is 0 Å². The number of hydrogen-bond acceptors (Lipinski definition) is 4. The second-order valence-corrected chi connectivity index (χ2v) is 5.66. The van der Waals surface area contributed by atoms with Crippen LogP contribution in [-0.2, 0) is 0 Å². The van der Waals surface area contributed by atoms with Gasteiger partial charge in [-0.2, -0.15) is 4.98 Å². The second kappa shape index (κ2) is 6.41. The van der Waals surface area contributed by atoms with Crippen molar-refractivity contribution in [2.75, 3.05) is 19.1 Å². The second-order valence-electron chi connectivity index (χ2n) is 4.37. The highest BCUT2D eigenvalue weighted by Gasteiger charge is 2.16. The van der Waals surface area contributed by atoms with Gasteiger partial charge < -0.3 is 9.64 Å². The molecule has 0 saturated heterocycles. The predicted octanol–water partition coefficient (Wildman–Crippen LogP) is 4.10. The Hall–Kier alpha value is -1.33. The summed E-state index contributed by atoms with van der Waals surface area (Å²) < 4.78 is 5.93. The first-order valence-electron chi connectivity index (χ1n) is 6.07. The molecule has 1 unspecified atom stereocenters. The number of nitrogens with zero attached hydrogens (tertiary/aromatic N) is 3. The van der Waals surface area contributed by atoms with Gasteiger partial charge in [0, 0.05) is 12.1 Å². The molecule has 1 atom stereocenters. The maximum absolute atomic E-state index is 5.91. The van der Waals surface area contributed by atoms with Crippen LogP contribution in [0.5, 0.6) is 5.88 Å². The third-order valence-corrected chi connectivity index (χ3v) is 3.94. The molecule has 20 heavy (non-hydrogen) atoms. The summed E-state index contributed by atoms with van der Waals surface area (Å²) >= 11 is 9.26. The van der Waals surface area contributed by atoms with E-state index in [1.54, 1.807) is 13.3 Å². The van der Waals surface area contributed by atoms with E-state index in [2.05, 4.69) is 32.8 Å². The number of benzene rings is 1. The molecule has 0 amide bonds. The summed E-state index contributed by atoms with van der Waals surface area (Å²) in [7, 11) is 3.53. The summed E-state index contributed by atoms with van der Waals surface area (Å²) in [6.45, 7) is 2.08. The molecule has 0 bridgehead atoms. The zero-order chi connectivity index (χ0) is 14.7. The Kier molecular flexibility index (Phi) is 4.83. The molecule has 0 spiro atoms. The lowest BCUT2D eigenvalue weighted by Gasteiger charge is -2.25. The molecular weight excluding hydrogens is 342 g/mol. The number of rotatable bonds is 4. The molecule has 0 radical (unpaired) electrons. The van der Waals surface area contributed by atoms with Gasteiger partial charge in [-0.25, -0.2) is 4.98 Å². The molecule has 2 aromatic rings. The number of ether oxygens (including phenoxy) is 1. The molecule has 6 heteroatoms. The van der Waals surface area contributed by atoms with Crippen LogP contribution in [0.4, 0.5) is 5.95 Å². The SMILES string of the molecule is COc1nc(N(C)C(C)c2ccc(Cl)cc2)ncc1Br. The first-order chi connectivity index (χ1) is 9.52. The van der Waals surface area contributed by atoms with E-state index < -0.39 is 0 Å². The minimum atomic E-state index is 0.123. The van der Waals surface area contributed by atoms with Gasteiger partial charge in [0.05, 0.1) is 23.8 Å². The van der Waals surface area contributed by atoms with Crippen LogP contribution < -0.4 is 9.64 Å². The highest BCUT2D eigenvalue weighted by atomic mass is 79.9. The molecule has 0 aliphatic heterocycles. The molecule has 0 aliphatic rings. The van der Waals surface area contributed by atoms with Gasteiger partial charge in [-0.15, -0.1) is 0 Å². The van der Waals surface area contributed by atoms with Crippen molar-refractivity contribution in [1.29, 1.82) is 0 Å². The minimum Gasteiger partial charge on any atom is -0.480 e.